The van der Waals surface area contributed by atoms with Gasteiger partial charge in [0.1, 0.15) is 11.8 Å². The van der Waals surface area contributed by atoms with Crippen LogP contribution in [0.2, 0.25) is 0 Å². The van der Waals surface area contributed by atoms with Crippen LogP contribution in [0.25, 0.3) is 11.8 Å². The molecule has 1 N–H and O–H groups in total. The molecule has 2 aromatic carbocycles. The Balaban J connectivity index is 1.70. The summed E-state index contributed by atoms with van der Waals surface area (Å²) in [5, 5.41) is 9.44. The monoisotopic (exact) mass is 571 g/mol. The number of aromatic carboxylic acids is 1. The van der Waals surface area contributed by atoms with E-state index in [0.717, 1.165) is 17.0 Å². The quantitative estimate of drug-likeness (QED) is 0.337. The van der Waals surface area contributed by atoms with E-state index < -0.39 is 18.0 Å². The van der Waals surface area contributed by atoms with Crippen molar-refractivity contribution >= 4 is 29.4 Å². The van der Waals surface area contributed by atoms with Gasteiger partial charge in [0.2, 0.25) is 0 Å². The molecule has 41 heavy (non-hydrogen) atoms. The Morgan fingerprint density at radius 3 is 2.56 bits per heavy atom. The molecule has 1 aliphatic heterocycles. The number of allylic oxidation sites excluding steroid dienone is 1. The van der Waals surface area contributed by atoms with Crippen LogP contribution in [-0.2, 0) is 9.53 Å². The number of para-hydroxylation sites is 1. The number of thiazole rings is 1. The highest BCUT2D eigenvalue weighted by atomic mass is 32.1. The smallest absolute Gasteiger partial charge is 0.338 e. The number of hydrogen-bond acceptors (Lipinski definition) is 7. The van der Waals surface area contributed by atoms with Crippen molar-refractivity contribution in [2.24, 2.45) is 4.99 Å². The van der Waals surface area contributed by atoms with E-state index in [1.807, 2.05) is 54.8 Å². The minimum Gasteiger partial charge on any atom is -0.496 e. The summed E-state index contributed by atoms with van der Waals surface area (Å²) >= 11 is 1.24. The van der Waals surface area contributed by atoms with Crippen LogP contribution >= 0.6 is 11.3 Å². The number of fused-ring (bicyclic) bond motifs is 1. The number of aromatic nitrogens is 2. The van der Waals surface area contributed by atoms with E-state index in [9.17, 15) is 19.5 Å². The van der Waals surface area contributed by atoms with Gasteiger partial charge in [-0.15, -0.1) is 0 Å². The van der Waals surface area contributed by atoms with Crippen molar-refractivity contribution in [1.29, 1.82) is 0 Å². The van der Waals surface area contributed by atoms with E-state index in [0.29, 0.717) is 32.0 Å². The fourth-order valence-corrected chi connectivity index (χ4v) is 6.27. The van der Waals surface area contributed by atoms with Crippen molar-refractivity contribution in [2.45, 2.75) is 33.7 Å². The Labute approximate surface area is 239 Å². The molecule has 0 fully saturated rings. The molecule has 4 aromatic rings. The van der Waals surface area contributed by atoms with Gasteiger partial charge in [-0.3, -0.25) is 9.36 Å². The van der Waals surface area contributed by atoms with E-state index in [4.69, 9.17) is 9.47 Å². The zero-order chi connectivity index (χ0) is 29.4. The number of ether oxygens (including phenoxy) is 2. The highest BCUT2D eigenvalue weighted by molar-refractivity contribution is 7.07. The van der Waals surface area contributed by atoms with E-state index in [-0.39, 0.29) is 23.3 Å². The molecule has 5 rings (SSSR count). The molecule has 0 saturated carbocycles. The summed E-state index contributed by atoms with van der Waals surface area (Å²) in [5.41, 5.74) is 4.56. The Hall–Kier alpha value is -4.70. The molecule has 10 heteroatoms. The first-order valence-electron chi connectivity index (χ1n) is 13.0. The second kappa shape index (κ2) is 11.1. The number of hydrogen-bond donors (Lipinski definition) is 1. The van der Waals surface area contributed by atoms with Gasteiger partial charge >= 0.3 is 11.9 Å². The number of carbonyl (C=O) groups excluding carboxylic acids is 1. The lowest BCUT2D eigenvalue weighted by Crippen LogP contribution is -2.40. The molecule has 210 valence electrons. The van der Waals surface area contributed by atoms with Crippen molar-refractivity contribution in [3.63, 3.8) is 0 Å². The molecule has 2 aromatic heterocycles. The van der Waals surface area contributed by atoms with E-state index in [1.54, 1.807) is 45.2 Å². The number of carboxylic acids is 1. The number of carboxylic acid groups (broad SMARTS) is 1. The van der Waals surface area contributed by atoms with Crippen LogP contribution in [0.5, 0.6) is 5.75 Å². The minimum absolute atomic E-state index is 0.184. The fraction of sp³-hybridized carbons (Fsp3) is 0.226. The number of rotatable bonds is 7. The topological polar surface area (TPSA) is 112 Å². The predicted molar refractivity (Wildman–Crippen MR) is 156 cm³/mol. The van der Waals surface area contributed by atoms with Crippen molar-refractivity contribution in [2.75, 3.05) is 13.7 Å². The Morgan fingerprint density at radius 1 is 1.10 bits per heavy atom. The Morgan fingerprint density at radius 2 is 1.85 bits per heavy atom. The van der Waals surface area contributed by atoms with Crippen LogP contribution in [0.1, 0.15) is 52.8 Å². The highest BCUT2D eigenvalue weighted by Crippen LogP contribution is 2.35. The third-order valence-electron chi connectivity index (χ3n) is 7.06. The predicted octanol–water partition coefficient (Wildman–Crippen LogP) is 3.91. The lowest BCUT2D eigenvalue weighted by molar-refractivity contribution is -0.139. The summed E-state index contributed by atoms with van der Waals surface area (Å²) < 4.78 is 14.9. The summed E-state index contributed by atoms with van der Waals surface area (Å²) in [5.74, 6) is -1.00. The maximum absolute atomic E-state index is 14.0. The van der Waals surface area contributed by atoms with Crippen molar-refractivity contribution in [1.82, 2.24) is 9.13 Å². The largest absolute Gasteiger partial charge is 0.496 e. The first kappa shape index (κ1) is 27.9. The molecule has 0 saturated heterocycles. The van der Waals surface area contributed by atoms with Crippen LogP contribution in [-0.4, -0.2) is 39.9 Å². The molecule has 1 atom stereocenters. The Bertz CT molecular complexity index is 1910. The van der Waals surface area contributed by atoms with E-state index in [2.05, 4.69) is 4.99 Å². The number of nitrogens with zero attached hydrogens (tertiary/aromatic N) is 3. The number of esters is 1. The SMILES string of the molecule is CCOC(=O)C1=C(C)N=c2s/c(=C\c3cc(C)n(-c4cccc(C(=O)O)c4)c3C)c(=O)n2C1c1ccccc1OC. The molecule has 0 aliphatic carbocycles. The lowest BCUT2D eigenvalue weighted by Gasteiger charge is -2.25. The Kier molecular flexibility index (Phi) is 7.51. The molecule has 3 heterocycles. The fourth-order valence-electron chi connectivity index (χ4n) is 5.23. The van der Waals surface area contributed by atoms with Crippen LogP contribution < -0.4 is 19.6 Å². The number of aryl methyl sites for hydroxylation is 1. The second-order valence-corrected chi connectivity index (χ2v) is 10.6. The molecule has 9 nitrogen and oxygen atoms in total. The van der Waals surface area contributed by atoms with E-state index >= 15 is 0 Å². The second-order valence-electron chi connectivity index (χ2n) is 9.56. The third-order valence-corrected chi connectivity index (χ3v) is 8.04. The zero-order valence-electron chi connectivity index (χ0n) is 23.3. The number of methoxy groups -OCH3 is 1. The van der Waals surface area contributed by atoms with Gasteiger partial charge in [-0.25, -0.2) is 14.6 Å². The zero-order valence-corrected chi connectivity index (χ0v) is 24.1. The minimum atomic E-state index is -1.00. The summed E-state index contributed by atoms with van der Waals surface area (Å²) in [6, 6.07) is 15.2. The molecule has 1 aliphatic rings. The van der Waals surface area contributed by atoms with Gasteiger partial charge in [0, 0.05) is 22.6 Å². The van der Waals surface area contributed by atoms with Gasteiger partial charge in [0.25, 0.3) is 5.56 Å². The van der Waals surface area contributed by atoms with Crippen molar-refractivity contribution in [3.8, 4) is 11.4 Å². The van der Waals surface area contributed by atoms with Gasteiger partial charge in [0.05, 0.1) is 35.1 Å². The van der Waals surface area contributed by atoms with Crippen LogP contribution in [0.15, 0.2) is 75.7 Å². The van der Waals surface area contributed by atoms with Crippen molar-refractivity contribution in [3.05, 3.63) is 114 Å². The molecular formula is C31H29N3O6S. The number of carbonyl (C=O) groups is 2. The van der Waals surface area contributed by atoms with Crippen molar-refractivity contribution < 1.29 is 24.2 Å². The van der Waals surface area contributed by atoms with Crippen LogP contribution in [0.3, 0.4) is 0 Å². The van der Waals surface area contributed by atoms with Crippen LogP contribution in [0.4, 0.5) is 0 Å². The van der Waals surface area contributed by atoms with Gasteiger partial charge in [0.15, 0.2) is 4.80 Å². The lowest BCUT2D eigenvalue weighted by atomic mass is 9.95. The molecule has 1 unspecified atom stereocenters. The maximum Gasteiger partial charge on any atom is 0.338 e. The normalized spacial score (nSPS) is 15.0. The van der Waals surface area contributed by atoms with Crippen LogP contribution in [0, 0.1) is 13.8 Å². The summed E-state index contributed by atoms with van der Waals surface area (Å²) in [6.45, 7) is 7.50. The van der Waals surface area contributed by atoms with E-state index in [1.165, 1.54) is 15.9 Å². The third kappa shape index (κ3) is 4.91. The summed E-state index contributed by atoms with van der Waals surface area (Å²) in [7, 11) is 1.55. The van der Waals surface area contributed by atoms with Gasteiger partial charge in [-0.2, -0.15) is 0 Å². The first-order valence-corrected chi connectivity index (χ1v) is 13.8. The summed E-state index contributed by atoms with van der Waals surface area (Å²) in [4.78, 5) is 43.8. The highest BCUT2D eigenvalue weighted by Gasteiger charge is 2.35. The molecule has 0 bridgehead atoms. The van der Waals surface area contributed by atoms with Gasteiger partial charge in [-0.1, -0.05) is 35.6 Å². The molecule has 0 radical (unpaired) electrons. The molecule has 0 spiro atoms. The number of benzene rings is 2. The molecular weight excluding hydrogens is 542 g/mol. The van der Waals surface area contributed by atoms with Gasteiger partial charge < -0.3 is 19.1 Å². The average Bonchev–Trinajstić information content (AvgIpc) is 3.41. The first-order chi connectivity index (χ1) is 19.7. The summed E-state index contributed by atoms with van der Waals surface area (Å²) in [6.07, 6.45) is 1.81. The van der Waals surface area contributed by atoms with Gasteiger partial charge in [-0.05, 0) is 69.7 Å². The maximum atomic E-state index is 14.0. The average molecular weight is 572 g/mol. The molecule has 0 amide bonds. The standard InChI is InChI=1S/C31H29N3O6S/c1-6-40-30(38)26-18(3)32-31-34(27(26)23-12-7-8-13-24(23)39-5)28(35)25(41-31)16-21-14-17(2)33(19(21)4)22-11-9-10-20(15-22)29(36)37/h7-16,27H,6H2,1-5H3,(H,36,37)/b25-16-.